The minimum Gasteiger partial charge on any atom is -0.447 e. The van der Waals surface area contributed by atoms with Crippen LogP contribution in [0.1, 0.15) is 44.2 Å². The summed E-state index contributed by atoms with van der Waals surface area (Å²) in [5.41, 5.74) is 6.89. The summed E-state index contributed by atoms with van der Waals surface area (Å²) in [6.07, 6.45) is 9.73. The van der Waals surface area contributed by atoms with Crippen LogP contribution in [0.25, 0.3) is 0 Å². The SMILES string of the molecule is CC(C)(O)C1CN(c2nccc(Sc3cnc(N4CCC5(CC4)Cc4ncoc4[C@H]5N)cn3)c2Cl)C1. The fourth-order valence-electron chi connectivity index (χ4n) is 5.51. The quantitative estimate of drug-likeness (QED) is 0.508. The Morgan fingerprint density at radius 1 is 1.14 bits per heavy atom. The summed E-state index contributed by atoms with van der Waals surface area (Å²) < 4.78 is 5.55. The largest absolute Gasteiger partial charge is 0.447 e. The molecule has 190 valence electrons. The first kappa shape index (κ1) is 24.0. The number of nitrogens with zero attached hydrogens (tertiary/aromatic N) is 6. The van der Waals surface area contributed by atoms with Gasteiger partial charge in [0, 0.05) is 55.0 Å². The number of halogens is 1. The molecule has 9 nitrogen and oxygen atoms in total. The number of pyridine rings is 1. The van der Waals surface area contributed by atoms with Gasteiger partial charge >= 0.3 is 0 Å². The van der Waals surface area contributed by atoms with Gasteiger partial charge in [-0.15, -0.1) is 0 Å². The standard InChI is InChI=1S/C25H30ClN7O2S/c1-24(2,34)15-12-33(13-15)23-20(26)17(3-6-28-23)36-19-11-29-18(10-30-19)32-7-4-25(5-8-32)9-16-21(22(25)27)35-14-31-16/h3,6,10-11,14-15,22,34H,4-5,7-9,12-13,27H2,1-2H3/t22-/m1/s1. The Bertz CT molecular complexity index is 1250. The van der Waals surface area contributed by atoms with Crippen molar-refractivity contribution in [3.05, 3.63) is 47.5 Å². The van der Waals surface area contributed by atoms with Gasteiger partial charge in [0.05, 0.1) is 34.8 Å². The lowest BCUT2D eigenvalue weighted by molar-refractivity contribution is 0.00438. The van der Waals surface area contributed by atoms with Crippen LogP contribution in [0.5, 0.6) is 0 Å². The van der Waals surface area contributed by atoms with Gasteiger partial charge in [-0.25, -0.2) is 19.9 Å². The number of aromatic nitrogens is 4. The first-order valence-electron chi connectivity index (χ1n) is 12.3. The zero-order valence-corrected chi connectivity index (χ0v) is 22.0. The van der Waals surface area contributed by atoms with Crippen LogP contribution in [0.2, 0.25) is 5.02 Å². The molecule has 1 spiro atoms. The molecule has 2 aliphatic heterocycles. The average Bonchev–Trinajstić information content (AvgIpc) is 3.37. The fraction of sp³-hybridized carbons (Fsp3) is 0.520. The van der Waals surface area contributed by atoms with Crippen molar-refractivity contribution in [2.75, 3.05) is 36.0 Å². The van der Waals surface area contributed by atoms with Gasteiger partial charge in [-0.1, -0.05) is 23.4 Å². The van der Waals surface area contributed by atoms with Gasteiger partial charge in [-0.05, 0) is 32.8 Å². The van der Waals surface area contributed by atoms with E-state index in [0.29, 0.717) is 5.02 Å². The van der Waals surface area contributed by atoms with Crippen molar-refractivity contribution in [1.82, 2.24) is 19.9 Å². The van der Waals surface area contributed by atoms with Gasteiger partial charge in [0.1, 0.15) is 22.4 Å². The van der Waals surface area contributed by atoms with E-state index in [1.807, 2.05) is 26.1 Å². The lowest BCUT2D eigenvalue weighted by atomic mass is 9.73. The Balaban J connectivity index is 1.09. The van der Waals surface area contributed by atoms with Gasteiger partial charge in [-0.3, -0.25) is 0 Å². The van der Waals surface area contributed by atoms with Crippen LogP contribution in [-0.4, -0.2) is 56.8 Å². The molecule has 0 radical (unpaired) electrons. The molecule has 2 fully saturated rings. The third-order valence-corrected chi connectivity index (χ3v) is 9.53. The Hall–Kier alpha value is -2.40. The maximum absolute atomic E-state index is 10.2. The molecule has 36 heavy (non-hydrogen) atoms. The van der Waals surface area contributed by atoms with Gasteiger partial charge in [-0.2, -0.15) is 0 Å². The molecule has 0 unspecified atom stereocenters. The predicted octanol–water partition coefficient (Wildman–Crippen LogP) is 3.71. The molecule has 3 aliphatic rings. The second kappa shape index (κ2) is 8.86. The van der Waals surface area contributed by atoms with Crippen LogP contribution in [0.4, 0.5) is 11.6 Å². The number of rotatable bonds is 5. The van der Waals surface area contributed by atoms with Gasteiger partial charge in [0.15, 0.2) is 6.39 Å². The van der Waals surface area contributed by atoms with E-state index in [1.165, 1.54) is 18.2 Å². The molecule has 5 heterocycles. The monoisotopic (exact) mass is 527 g/mol. The summed E-state index contributed by atoms with van der Waals surface area (Å²) >= 11 is 8.19. The summed E-state index contributed by atoms with van der Waals surface area (Å²) in [5.74, 6) is 2.68. The number of hydrogen-bond donors (Lipinski definition) is 2. The predicted molar refractivity (Wildman–Crippen MR) is 138 cm³/mol. The highest BCUT2D eigenvalue weighted by molar-refractivity contribution is 7.99. The molecule has 2 saturated heterocycles. The van der Waals surface area contributed by atoms with Crippen molar-refractivity contribution in [1.29, 1.82) is 0 Å². The van der Waals surface area contributed by atoms with Gasteiger partial charge < -0.3 is 25.1 Å². The lowest BCUT2D eigenvalue weighted by Gasteiger charge is -2.46. The molecule has 0 saturated carbocycles. The van der Waals surface area contributed by atoms with Crippen LogP contribution in [-0.2, 0) is 6.42 Å². The molecule has 11 heteroatoms. The lowest BCUT2D eigenvalue weighted by Crippen LogP contribution is -2.56. The summed E-state index contributed by atoms with van der Waals surface area (Å²) in [6.45, 7) is 6.91. The maximum atomic E-state index is 10.2. The van der Waals surface area contributed by atoms with Crippen LogP contribution in [0.3, 0.4) is 0 Å². The highest BCUT2D eigenvalue weighted by Crippen LogP contribution is 2.50. The number of nitrogens with two attached hydrogens (primary N) is 1. The third kappa shape index (κ3) is 4.13. The molecule has 3 N–H and O–H groups in total. The molecule has 6 rings (SSSR count). The van der Waals surface area contributed by atoms with E-state index in [2.05, 4.69) is 24.8 Å². The van der Waals surface area contributed by atoms with E-state index in [4.69, 9.17) is 26.7 Å². The number of oxazole rings is 1. The number of hydrogen-bond acceptors (Lipinski definition) is 10. The second-order valence-electron chi connectivity index (χ2n) is 10.7. The van der Waals surface area contributed by atoms with E-state index in [0.717, 1.165) is 78.5 Å². The molecule has 1 aliphatic carbocycles. The fourth-order valence-corrected chi connectivity index (χ4v) is 6.60. The van der Waals surface area contributed by atoms with Crippen molar-refractivity contribution in [2.45, 2.75) is 54.7 Å². The normalized spacial score (nSPS) is 21.6. The van der Waals surface area contributed by atoms with Crippen LogP contribution >= 0.6 is 23.4 Å². The molecular formula is C25H30ClN7O2S. The first-order valence-corrected chi connectivity index (χ1v) is 13.5. The van der Waals surface area contributed by atoms with Crippen LogP contribution < -0.4 is 15.5 Å². The van der Waals surface area contributed by atoms with E-state index in [9.17, 15) is 5.11 Å². The van der Waals surface area contributed by atoms with Crippen LogP contribution in [0.15, 0.2) is 45.4 Å². The smallest absolute Gasteiger partial charge is 0.181 e. The molecule has 0 aromatic carbocycles. The minimum absolute atomic E-state index is 0.0291. The maximum Gasteiger partial charge on any atom is 0.181 e. The zero-order chi connectivity index (χ0) is 25.1. The Morgan fingerprint density at radius 3 is 2.58 bits per heavy atom. The minimum atomic E-state index is -0.704. The van der Waals surface area contributed by atoms with Gasteiger partial charge in [0.25, 0.3) is 0 Å². The van der Waals surface area contributed by atoms with Crippen molar-refractivity contribution in [3.63, 3.8) is 0 Å². The topological polar surface area (TPSA) is 117 Å². The summed E-state index contributed by atoms with van der Waals surface area (Å²) in [5, 5.41) is 11.6. The molecule has 0 bridgehead atoms. The molecule has 3 aromatic rings. The molecule has 1 atom stereocenters. The third-order valence-electron chi connectivity index (χ3n) is 8.06. The van der Waals surface area contributed by atoms with Gasteiger partial charge in [0.2, 0.25) is 0 Å². The first-order chi connectivity index (χ1) is 17.2. The molecule has 0 amide bonds. The van der Waals surface area contributed by atoms with E-state index in [-0.39, 0.29) is 17.4 Å². The van der Waals surface area contributed by atoms with Crippen LogP contribution in [0, 0.1) is 11.3 Å². The van der Waals surface area contributed by atoms with E-state index in [1.54, 1.807) is 12.4 Å². The highest BCUT2D eigenvalue weighted by Gasteiger charge is 2.48. The van der Waals surface area contributed by atoms with Crippen molar-refractivity contribution >= 4 is 35.0 Å². The van der Waals surface area contributed by atoms with E-state index >= 15 is 0 Å². The summed E-state index contributed by atoms with van der Waals surface area (Å²) in [6, 6.07) is 1.81. The number of anilines is 2. The Labute approximate surface area is 219 Å². The van der Waals surface area contributed by atoms with E-state index < -0.39 is 5.60 Å². The second-order valence-corrected chi connectivity index (χ2v) is 12.1. The number of aliphatic hydroxyl groups is 1. The highest BCUT2D eigenvalue weighted by atomic mass is 35.5. The zero-order valence-electron chi connectivity index (χ0n) is 20.4. The summed E-state index contributed by atoms with van der Waals surface area (Å²) in [4.78, 5) is 23.4. The van der Waals surface area contributed by atoms with Crippen molar-refractivity contribution in [3.8, 4) is 0 Å². The average molecular weight is 528 g/mol. The molecular weight excluding hydrogens is 498 g/mol. The van der Waals surface area contributed by atoms with Crippen molar-refractivity contribution in [2.24, 2.45) is 17.1 Å². The number of fused-ring (bicyclic) bond motifs is 1. The number of piperidine rings is 1. The molecule has 3 aromatic heterocycles. The Kier molecular flexibility index (Phi) is 5.90. The van der Waals surface area contributed by atoms with Crippen molar-refractivity contribution < 1.29 is 9.52 Å². The summed E-state index contributed by atoms with van der Waals surface area (Å²) in [7, 11) is 0. The Morgan fingerprint density at radius 2 is 1.92 bits per heavy atom.